The third-order valence-electron chi connectivity index (χ3n) is 3.73. The van der Waals surface area contributed by atoms with E-state index in [2.05, 4.69) is 10.2 Å². The van der Waals surface area contributed by atoms with E-state index in [1.54, 1.807) is 0 Å². The molecule has 2 atom stereocenters. The smallest absolute Gasteiger partial charge is 0.0594 e. The fourth-order valence-corrected chi connectivity index (χ4v) is 2.60. The quantitative estimate of drug-likeness (QED) is 0.654. The van der Waals surface area contributed by atoms with Crippen molar-refractivity contribution in [1.82, 2.24) is 10.2 Å². The molecule has 0 amide bonds. The molecule has 2 rings (SSSR count). The highest BCUT2D eigenvalue weighted by atomic mass is 16.5. The average molecular weight is 228 g/mol. The van der Waals surface area contributed by atoms with Gasteiger partial charge in [0.25, 0.3) is 0 Å². The molecule has 0 aromatic carbocycles. The van der Waals surface area contributed by atoms with Gasteiger partial charge in [-0.2, -0.15) is 0 Å². The third kappa shape index (κ3) is 3.70. The summed E-state index contributed by atoms with van der Waals surface area (Å²) in [4.78, 5) is 2.43. The Labute approximate surface area is 98.0 Å². The van der Waals surface area contributed by atoms with Gasteiger partial charge >= 0.3 is 0 Å². The summed E-state index contributed by atoms with van der Waals surface area (Å²) < 4.78 is 5.31. The monoisotopic (exact) mass is 228 g/mol. The maximum Gasteiger partial charge on any atom is 0.0594 e. The lowest BCUT2D eigenvalue weighted by Gasteiger charge is -2.26. The molecule has 0 bridgehead atoms. The van der Waals surface area contributed by atoms with E-state index in [0.717, 1.165) is 52.4 Å². The molecule has 94 valence electrons. The van der Waals surface area contributed by atoms with Gasteiger partial charge in [-0.1, -0.05) is 6.42 Å². The van der Waals surface area contributed by atoms with Crippen molar-refractivity contribution in [3.05, 3.63) is 0 Å². The predicted octanol–water partition coefficient (Wildman–Crippen LogP) is 0.0692. The third-order valence-corrected chi connectivity index (χ3v) is 3.73. The zero-order valence-corrected chi connectivity index (χ0v) is 10.0. The maximum absolute atomic E-state index is 9.67. The molecular formula is C12H24N2O2. The second-order valence-electron chi connectivity index (χ2n) is 4.92. The Balaban J connectivity index is 1.51. The topological polar surface area (TPSA) is 44.7 Å². The summed E-state index contributed by atoms with van der Waals surface area (Å²) in [6, 6.07) is 0. The first kappa shape index (κ1) is 12.3. The Hall–Kier alpha value is -0.160. The summed E-state index contributed by atoms with van der Waals surface area (Å²) in [6.07, 6.45) is 3.31. The van der Waals surface area contributed by atoms with Crippen LogP contribution in [0.3, 0.4) is 0 Å². The number of hydrogen-bond donors (Lipinski definition) is 2. The van der Waals surface area contributed by atoms with Crippen LogP contribution in [0.25, 0.3) is 0 Å². The zero-order chi connectivity index (χ0) is 11.2. The van der Waals surface area contributed by atoms with Gasteiger partial charge in [0.05, 0.1) is 19.3 Å². The molecule has 2 aliphatic rings. The molecular weight excluding hydrogens is 204 g/mol. The molecule has 0 radical (unpaired) electrons. The second-order valence-corrected chi connectivity index (χ2v) is 4.92. The fourth-order valence-electron chi connectivity index (χ4n) is 2.60. The molecule has 1 heterocycles. The minimum atomic E-state index is -0.0594. The highest BCUT2D eigenvalue weighted by Crippen LogP contribution is 2.24. The van der Waals surface area contributed by atoms with Crippen molar-refractivity contribution in [3.8, 4) is 0 Å². The van der Waals surface area contributed by atoms with Crippen LogP contribution < -0.4 is 5.32 Å². The number of rotatable bonds is 5. The minimum Gasteiger partial charge on any atom is -0.393 e. The molecule has 1 aliphatic heterocycles. The normalized spacial score (nSPS) is 32.1. The van der Waals surface area contributed by atoms with Crippen molar-refractivity contribution in [3.63, 3.8) is 0 Å². The van der Waals surface area contributed by atoms with Crippen LogP contribution in [0.1, 0.15) is 19.3 Å². The van der Waals surface area contributed by atoms with Gasteiger partial charge < -0.3 is 15.2 Å². The van der Waals surface area contributed by atoms with Crippen LogP contribution in [0.5, 0.6) is 0 Å². The Morgan fingerprint density at radius 3 is 2.75 bits per heavy atom. The molecule has 0 aromatic rings. The molecule has 1 saturated heterocycles. The largest absolute Gasteiger partial charge is 0.393 e. The summed E-state index contributed by atoms with van der Waals surface area (Å²) in [5.41, 5.74) is 0. The fraction of sp³-hybridized carbons (Fsp3) is 1.00. The van der Waals surface area contributed by atoms with Gasteiger partial charge in [-0.15, -0.1) is 0 Å². The van der Waals surface area contributed by atoms with Crippen LogP contribution in [-0.4, -0.2) is 62.0 Å². The van der Waals surface area contributed by atoms with E-state index < -0.39 is 0 Å². The van der Waals surface area contributed by atoms with E-state index in [9.17, 15) is 5.11 Å². The van der Waals surface area contributed by atoms with E-state index in [1.165, 1.54) is 12.8 Å². The lowest BCUT2D eigenvalue weighted by molar-refractivity contribution is 0.0381. The number of nitrogens with one attached hydrogen (secondary N) is 1. The first-order valence-electron chi connectivity index (χ1n) is 6.55. The van der Waals surface area contributed by atoms with Gasteiger partial charge in [-0.3, -0.25) is 4.90 Å². The Bertz CT molecular complexity index is 195. The number of morpholine rings is 1. The van der Waals surface area contributed by atoms with Crippen molar-refractivity contribution in [2.75, 3.05) is 45.9 Å². The molecule has 16 heavy (non-hydrogen) atoms. The van der Waals surface area contributed by atoms with Crippen LogP contribution in [0, 0.1) is 5.92 Å². The number of hydrogen-bond acceptors (Lipinski definition) is 4. The van der Waals surface area contributed by atoms with E-state index in [4.69, 9.17) is 4.74 Å². The molecule has 0 aromatic heterocycles. The Morgan fingerprint density at radius 2 is 2.06 bits per heavy atom. The highest BCUT2D eigenvalue weighted by Gasteiger charge is 2.24. The van der Waals surface area contributed by atoms with Crippen molar-refractivity contribution in [1.29, 1.82) is 0 Å². The minimum absolute atomic E-state index is 0.0594. The van der Waals surface area contributed by atoms with Crippen LogP contribution in [0.2, 0.25) is 0 Å². The van der Waals surface area contributed by atoms with E-state index in [1.807, 2.05) is 0 Å². The Kier molecular flexibility index (Phi) is 5.03. The van der Waals surface area contributed by atoms with Crippen LogP contribution in [0.4, 0.5) is 0 Å². The highest BCUT2D eigenvalue weighted by molar-refractivity contribution is 4.78. The van der Waals surface area contributed by atoms with Crippen molar-refractivity contribution in [2.24, 2.45) is 5.92 Å². The first-order valence-corrected chi connectivity index (χ1v) is 6.55. The first-order chi connectivity index (χ1) is 7.86. The van der Waals surface area contributed by atoms with Crippen molar-refractivity contribution < 1.29 is 9.84 Å². The molecule has 0 spiro atoms. The molecule has 2 fully saturated rings. The lowest BCUT2D eigenvalue weighted by Crippen LogP contribution is -2.41. The summed E-state index contributed by atoms with van der Waals surface area (Å²) >= 11 is 0. The van der Waals surface area contributed by atoms with E-state index in [-0.39, 0.29) is 6.10 Å². The van der Waals surface area contributed by atoms with E-state index in [0.29, 0.717) is 5.92 Å². The van der Waals surface area contributed by atoms with Crippen molar-refractivity contribution >= 4 is 0 Å². The average Bonchev–Trinajstić information content (AvgIpc) is 2.72. The molecule has 1 saturated carbocycles. The molecule has 4 nitrogen and oxygen atoms in total. The molecule has 2 N–H and O–H groups in total. The summed E-state index contributed by atoms with van der Waals surface area (Å²) in [6.45, 7) is 6.99. The van der Waals surface area contributed by atoms with Gasteiger partial charge in [0.2, 0.25) is 0 Å². The molecule has 2 unspecified atom stereocenters. The lowest BCUT2D eigenvalue weighted by atomic mass is 10.1. The number of nitrogens with zero attached hydrogens (tertiary/aromatic N) is 1. The number of aliphatic hydroxyl groups excluding tert-OH is 1. The maximum atomic E-state index is 9.67. The van der Waals surface area contributed by atoms with Crippen LogP contribution in [0.15, 0.2) is 0 Å². The van der Waals surface area contributed by atoms with Gasteiger partial charge in [0.15, 0.2) is 0 Å². The van der Waals surface area contributed by atoms with Crippen molar-refractivity contribution in [2.45, 2.75) is 25.4 Å². The van der Waals surface area contributed by atoms with E-state index >= 15 is 0 Å². The number of ether oxygens (including phenoxy) is 1. The summed E-state index contributed by atoms with van der Waals surface area (Å²) in [5.74, 6) is 0.490. The van der Waals surface area contributed by atoms with Crippen LogP contribution in [-0.2, 0) is 4.74 Å². The van der Waals surface area contributed by atoms with Gasteiger partial charge in [0.1, 0.15) is 0 Å². The molecule has 4 heteroatoms. The summed E-state index contributed by atoms with van der Waals surface area (Å²) in [7, 11) is 0. The zero-order valence-electron chi connectivity index (χ0n) is 10.0. The number of aliphatic hydroxyl groups is 1. The van der Waals surface area contributed by atoms with Gasteiger partial charge in [-0.05, 0) is 18.8 Å². The van der Waals surface area contributed by atoms with Gasteiger partial charge in [-0.25, -0.2) is 0 Å². The van der Waals surface area contributed by atoms with Crippen LogP contribution >= 0.6 is 0 Å². The Morgan fingerprint density at radius 1 is 1.25 bits per heavy atom. The summed E-state index contributed by atoms with van der Waals surface area (Å²) in [5, 5.41) is 13.1. The molecule has 1 aliphatic carbocycles. The predicted molar refractivity (Wildman–Crippen MR) is 63.5 cm³/mol. The standard InChI is InChI=1S/C12H24N2O2/c15-12-3-1-2-11(12)10-13-4-5-14-6-8-16-9-7-14/h11-13,15H,1-10H2. The van der Waals surface area contributed by atoms with Gasteiger partial charge in [0, 0.05) is 32.7 Å². The second kappa shape index (κ2) is 6.55. The SMILES string of the molecule is OC1CCCC1CNCCN1CCOCC1.